The SMILES string of the molecule is CS(=O)(=O)c1cc(-c2ccccc2)oc(=O)c1Br. The molecule has 0 bridgehead atoms. The van der Waals surface area contributed by atoms with E-state index in [-0.39, 0.29) is 15.1 Å². The van der Waals surface area contributed by atoms with E-state index < -0.39 is 15.5 Å². The van der Waals surface area contributed by atoms with Crippen molar-refractivity contribution in [3.05, 3.63) is 51.3 Å². The van der Waals surface area contributed by atoms with Gasteiger partial charge in [-0.1, -0.05) is 30.3 Å². The van der Waals surface area contributed by atoms with Gasteiger partial charge in [0.1, 0.15) is 10.2 Å². The molecular weight excluding hydrogens is 320 g/mol. The Labute approximate surface area is 112 Å². The van der Waals surface area contributed by atoms with E-state index in [0.29, 0.717) is 5.56 Å². The van der Waals surface area contributed by atoms with Crippen molar-refractivity contribution in [1.82, 2.24) is 0 Å². The third-order valence-electron chi connectivity index (χ3n) is 2.32. The largest absolute Gasteiger partial charge is 0.422 e. The van der Waals surface area contributed by atoms with Crippen molar-refractivity contribution < 1.29 is 12.8 Å². The predicted molar refractivity (Wildman–Crippen MR) is 71.2 cm³/mol. The lowest BCUT2D eigenvalue weighted by atomic mass is 10.2. The molecule has 0 spiro atoms. The van der Waals surface area contributed by atoms with E-state index in [2.05, 4.69) is 15.9 Å². The predicted octanol–water partition coefficient (Wildman–Crippen LogP) is 2.47. The first-order chi connectivity index (χ1) is 8.39. The van der Waals surface area contributed by atoms with Crippen LogP contribution < -0.4 is 5.63 Å². The molecule has 0 unspecified atom stereocenters. The Morgan fingerprint density at radius 2 is 1.78 bits per heavy atom. The molecule has 0 atom stereocenters. The second-order valence-corrected chi connectivity index (χ2v) is 6.49. The first-order valence-electron chi connectivity index (χ1n) is 4.99. The van der Waals surface area contributed by atoms with Crippen LogP contribution in [-0.4, -0.2) is 14.7 Å². The minimum atomic E-state index is -3.49. The molecule has 0 radical (unpaired) electrons. The third kappa shape index (κ3) is 2.54. The van der Waals surface area contributed by atoms with E-state index in [1.807, 2.05) is 6.07 Å². The molecule has 18 heavy (non-hydrogen) atoms. The van der Waals surface area contributed by atoms with Crippen molar-refractivity contribution in [1.29, 1.82) is 0 Å². The van der Waals surface area contributed by atoms with E-state index in [1.165, 1.54) is 6.07 Å². The van der Waals surface area contributed by atoms with Crippen LogP contribution in [0.5, 0.6) is 0 Å². The molecule has 0 N–H and O–H groups in total. The van der Waals surface area contributed by atoms with E-state index in [4.69, 9.17) is 4.42 Å². The molecule has 0 amide bonds. The van der Waals surface area contributed by atoms with Crippen LogP contribution in [0.1, 0.15) is 0 Å². The standard InChI is InChI=1S/C12H9BrO4S/c1-18(15,16)10-7-9(17-12(14)11(10)13)8-5-3-2-4-6-8/h2-7H,1H3. The van der Waals surface area contributed by atoms with Crippen molar-refractivity contribution in [2.75, 3.05) is 6.26 Å². The fourth-order valence-electron chi connectivity index (χ4n) is 1.47. The number of hydrogen-bond acceptors (Lipinski definition) is 4. The summed E-state index contributed by atoms with van der Waals surface area (Å²) in [5.41, 5.74) is -0.0659. The Kier molecular flexibility index (Phi) is 3.41. The molecule has 0 aliphatic carbocycles. The summed E-state index contributed by atoms with van der Waals surface area (Å²) in [5, 5.41) is 0. The molecule has 0 aliphatic heterocycles. The average molecular weight is 329 g/mol. The maximum atomic E-state index is 11.6. The first-order valence-corrected chi connectivity index (χ1v) is 7.67. The fraction of sp³-hybridized carbons (Fsp3) is 0.0833. The number of halogens is 1. The zero-order valence-electron chi connectivity index (χ0n) is 9.38. The quantitative estimate of drug-likeness (QED) is 0.849. The van der Waals surface area contributed by atoms with Crippen LogP contribution in [0.15, 0.2) is 55.0 Å². The van der Waals surface area contributed by atoms with Crippen molar-refractivity contribution >= 4 is 25.8 Å². The third-order valence-corrected chi connectivity index (χ3v) is 4.45. The maximum absolute atomic E-state index is 11.6. The smallest absolute Gasteiger partial charge is 0.352 e. The van der Waals surface area contributed by atoms with Gasteiger partial charge in [-0.25, -0.2) is 13.2 Å². The van der Waals surface area contributed by atoms with Gasteiger partial charge in [0.25, 0.3) is 0 Å². The molecule has 0 fully saturated rings. The Bertz CT molecular complexity index is 732. The zero-order chi connectivity index (χ0) is 13.3. The molecular formula is C12H9BrO4S. The molecule has 2 aromatic rings. The minimum Gasteiger partial charge on any atom is -0.422 e. The molecule has 0 saturated heterocycles. The molecule has 4 nitrogen and oxygen atoms in total. The van der Waals surface area contributed by atoms with E-state index in [0.717, 1.165) is 6.26 Å². The second kappa shape index (κ2) is 4.70. The molecule has 94 valence electrons. The fourth-order valence-corrected chi connectivity index (χ4v) is 3.28. The van der Waals surface area contributed by atoms with Crippen LogP contribution in [0, 0.1) is 0 Å². The lowest BCUT2D eigenvalue weighted by Gasteiger charge is -2.04. The Balaban J connectivity index is 2.74. The molecule has 6 heteroatoms. The van der Waals surface area contributed by atoms with Crippen LogP contribution in [0.25, 0.3) is 11.3 Å². The van der Waals surface area contributed by atoms with Gasteiger partial charge in [-0.3, -0.25) is 0 Å². The van der Waals surface area contributed by atoms with Crippen LogP contribution in [0.4, 0.5) is 0 Å². The summed E-state index contributed by atoms with van der Waals surface area (Å²) in [4.78, 5) is 11.5. The lowest BCUT2D eigenvalue weighted by Crippen LogP contribution is -2.08. The molecule has 1 aromatic carbocycles. The van der Waals surface area contributed by atoms with Crippen molar-refractivity contribution in [3.63, 3.8) is 0 Å². The zero-order valence-corrected chi connectivity index (χ0v) is 11.8. The molecule has 2 rings (SSSR count). The number of rotatable bonds is 2. The van der Waals surface area contributed by atoms with Crippen molar-refractivity contribution in [2.24, 2.45) is 0 Å². The first kappa shape index (κ1) is 13.0. The summed E-state index contributed by atoms with van der Waals surface area (Å²) in [6, 6.07) is 10.2. The topological polar surface area (TPSA) is 64.3 Å². The number of hydrogen-bond donors (Lipinski definition) is 0. The van der Waals surface area contributed by atoms with Crippen LogP contribution in [0.3, 0.4) is 0 Å². The van der Waals surface area contributed by atoms with Crippen LogP contribution in [0.2, 0.25) is 0 Å². The number of benzene rings is 1. The number of sulfone groups is 1. The highest BCUT2D eigenvalue weighted by molar-refractivity contribution is 9.10. The van der Waals surface area contributed by atoms with Crippen LogP contribution in [-0.2, 0) is 9.84 Å². The van der Waals surface area contributed by atoms with Gasteiger partial charge >= 0.3 is 5.63 Å². The maximum Gasteiger partial charge on any atom is 0.352 e. The van der Waals surface area contributed by atoms with E-state index in [9.17, 15) is 13.2 Å². The highest BCUT2D eigenvalue weighted by atomic mass is 79.9. The molecule has 0 aliphatic rings. The van der Waals surface area contributed by atoms with Gasteiger partial charge < -0.3 is 4.42 Å². The summed E-state index contributed by atoms with van der Waals surface area (Å²) in [6.45, 7) is 0. The summed E-state index contributed by atoms with van der Waals surface area (Å²) >= 11 is 2.94. The van der Waals surface area contributed by atoms with Crippen molar-refractivity contribution in [3.8, 4) is 11.3 Å². The van der Waals surface area contributed by atoms with Gasteiger partial charge in [0.2, 0.25) is 0 Å². The van der Waals surface area contributed by atoms with Gasteiger partial charge in [-0.2, -0.15) is 0 Å². The highest BCUT2D eigenvalue weighted by Crippen LogP contribution is 2.25. The van der Waals surface area contributed by atoms with E-state index >= 15 is 0 Å². The summed E-state index contributed by atoms with van der Waals surface area (Å²) < 4.78 is 28.1. The van der Waals surface area contributed by atoms with Gasteiger partial charge in [0.05, 0.1) is 4.90 Å². The second-order valence-electron chi connectivity index (χ2n) is 3.71. The van der Waals surface area contributed by atoms with Gasteiger partial charge in [-0.15, -0.1) is 0 Å². The highest BCUT2D eigenvalue weighted by Gasteiger charge is 2.18. The van der Waals surface area contributed by atoms with E-state index in [1.54, 1.807) is 24.3 Å². The summed E-state index contributed by atoms with van der Waals surface area (Å²) in [5.74, 6) is 0.226. The van der Waals surface area contributed by atoms with Crippen LogP contribution >= 0.6 is 15.9 Å². The molecule has 1 heterocycles. The minimum absolute atomic E-state index is 0.0717. The average Bonchev–Trinajstić information content (AvgIpc) is 2.32. The summed E-state index contributed by atoms with van der Waals surface area (Å²) in [6.07, 6.45) is 1.04. The van der Waals surface area contributed by atoms with Gasteiger partial charge in [0, 0.05) is 17.9 Å². The van der Waals surface area contributed by atoms with Gasteiger partial charge in [0.15, 0.2) is 9.84 Å². The Hall–Kier alpha value is -1.40. The van der Waals surface area contributed by atoms with Gasteiger partial charge in [-0.05, 0) is 15.9 Å². The monoisotopic (exact) mass is 328 g/mol. The molecule has 0 saturated carbocycles. The Morgan fingerprint density at radius 1 is 1.17 bits per heavy atom. The van der Waals surface area contributed by atoms with Crippen molar-refractivity contribution in [2.45, 2.75) is 4.90 Å². The normalized spacial score (nSPS) is 11.4. The summed E-state index contributed by atoms with van der Waals surface area (Å²) in [7, 11) is -3.49. The Morgan fingerprint density at radius 3 is 2.33 bits per heavy atom. The lowest BCUT2D eigenvalue weighted by molar-refractivity contribution is 0.513. The molecule has 1 aromatic heterocycles.